The zero-order valence-corrected chi connectivity index (χ0v) is 29.4. The molecular formula is C31H28N2NaO6S4+. The summed E-state index contributed by atoms with van der Waals surface area (Å²) in [5.74, 6) is 0.322. The maximum absolute atomic E-state index is 11.4. The van der Waals surface area contributed by atoms with Crippen LogP contribution < -0.4 is 39.0 Å². The second kappa shape index (κ2) is 15.1. The first-order valence-corrected chi connectivity index (χ1v) is 17.8. The van der Waals surface area contributed by atoms with E-state index in [2.05, 4.69) is 58.0 Å². The third kappa shape index (κ3) is 7.54. The predicted octanol–water partition coefficient (Wildman–Crippen LogP) is 4.41. The van der Waals surface area contributed by atoms with E-state index in [0.717, 1.165) is 70.2 Å². The summed E-state index contributed by atoms with van der Waals surface area (Å²) in [7, 11) is -4.30. The van der Waals surface area contributed by atoms with E-state index < -0.39 is 15.9 Å². The van der Waals surface area contributed by atoms with Crippen molar-refractivity contribution in [2.75, 3.05) is 23.0 Å². The Morgan fingerprint density at radius 1 is 1.00 bits per heavy atom. The van der Waals surface area contributed by atoms with Gasteiger partial charge in [0.1, 0.15) is 4.70 Å². The van der Waals surface area contributed by atoms with Crippen molar-refractivity contribution in [3.8, 4) is 0 Å². The third-order valence-electron chi connectivity index (χ3n) is 6.91. The van der Waals surface area contributed by atoms with E-state index in [1.165, 1.54) is 0 Å². The summed E-state index contributed by atoms with van der Waals surface area (Å²) in [5.41, 5.74) is 2.07. The molecule has 1 aliphatic rings. The minimum Gasteiger partial charge on any atom is -0.748 e. The Morgan fingerprint density at radius 2 is 1.73 bits per heavy atom. The van der Waals surface area contributed by atoms with Gasteiger partial charge in [0.15, 0.2) is 0 Å². The molecule has 0 spiro atoms. The summed E-state index contributed by atoms with van der Waals surface area (Å²) in [4.78, 5) is 8.62. The van der Waals surface area contributed by atoms with E-state index in [1.54, 1.807) is 23.1 Å². The summed E-state index contributed by atoms with van der Waals surface area (Å²) >= 11 is 4.42. The van der Waals surface area contributed by atoms with Crippen LogP contribution >= 0.6 is 35.1 Å². The maximum atomic E-state index is 11.4. The van der Waals surface area contributed by atoms with Crippen molar-refractivity contribution in [2.45, 2.75) is 25.0 Å². The molecule has 0 N–H and O–H groups in total. The van der Waals surface area contributed by atoms with Gasteiger partial charge in [0.2, 0.25) is 5.52 Å². The second-order valence-corrected chi connectivity index (χ2v) is 14.3. The number of hydrogen-bond donors (Lipinski definition) is 0. The summed E-state index contributed by atoms with van der Waals surface area (Å²) in [6.07, 6.45) is 6.27. The SMILES string of the molecule is CCSOOOC[n+]1c(C=CC=C2Sc3ccc4ccccc4c3N2CCCS(=O)(=O)[O-])sc2ccc3ccccc3c21.[Na+]. The van der Waals surface area contributed by atoms with Crippen LogP contribution in [0.2, 0.25) is 0 Å². The Kier molecular flexibility index (Phi) is 11.5. The molecule has 0 saturated carbocycles. The number of aromatic nitrogens is 1. The molecule has 6 rings (SSSR count). The minimum atomic E-state index is -4.30. The first-order chi connectivity index (χ1) is 20.9. The quantitative estimate of drug-likeness (QED) is 0.0363. The molecule has 0 unspecified atom stereocenters. The van der Waals surface area contributed by atoms with Crippen LogP contribution in [0, 0.1) is 0 Å². The zero-order chi connectivity index (χ0) is 29.8. The van der Waals surface area contributed by atoms with Gasteiger partial charge in [-0.2, -0.15) is 4.57 Å². The smallest absolute Gasteiger partial charge is 0.748 e. The Labute approximate surface area is 290 Å². The summed E-state index contributed by atoms with van der Waals surface area (Å²) in [6, 6.07) is 24.7. The number of anilines is 1. The predicted molar refractivity (Wildman–Crippen MR) is 174 cm³/mol. The van der Waals surface area contributed by atoms with Gasteiger partial charge in [0, 0.05) is 46.5 Å². The number of allylic oxidation sites excluding steroid dienone is 2. The average Bonchev–Trinajstić information content (AvgIpc) is 3.54. The van der Waals surface area contributed by atoms with Gasteiger partial charge in [0.05, 0.1) is 26.2 Å². The summed E-state index contributed by atoms with van der Waals surface area (Å²) in [5, 5.41) is 11.2. The van der Waals surface area contributed by atoms with E-state index in [0.29, 0.717) is 6.54 Å². The number of fused-ring (bicyclic) bond motifs is 6. The fraction of sp³-hybridized carbons (Fsp3) is 0.194. The maximum Gasteiger partial charge on any atom is 1.00 e. The van der Waals surface area contributed by atoms with E-state index in [9.17, 15) is 13.0 Å². The zero-order valence-electron chi connectivity index (χ0n) is 24.2. The van der Waals surface area contributed by atoms with Crippen LogP contribution in [0.25, 0.3) is 37.8 Å². The number of thiazole rings is 1. The van der Waals surface area contributed by atoms with E-state index in [1.807, 2.05) is 49.4 Å². The number of benzene rings is 4. The van der Waals surface area contributed by atoms with Crippen molar-refractivity contribution in [3.05, 3.63) is 95.0 Å². The fourth-order valence-electron chi connectivity index (χ4n) is 5.12. The molecule has 222 valence electrons. The molecule has 13 heteroatoms. The Hall–Kier alpha value is -1.94. The van der Waals surface area contributed by atoms with Gasteiger partial charge in [0.25, 0.3) is 11.7 Å². The van der Waals surface area contributed by atoms with Crippen LogP contribution in [0.3, 0.4) is 0 Å². The van der Waals surface area contributed by atoms with Crippen LogP contribution in [-0.4, -0.2) is 31.0 Å². The Balaban J connectivity index is 0.00000384. The van der Waals surface area contributed by atoms with Crippen LogP contribution in [0.4, 0.5) is 5.69 Å². The molecular weight excluding hydrogens is 648 g/mol. The third-order valence-corrected chi connectivity index (χ3v) is 10.3. The van der Waals surface area contributed by atoms with Crippen molar-refractivity contribution < 1.29 is 61.4 Å². The first kappa shape index (κ1) is 33.4. The Morgan fingerprint density at radius 3 is 2.50 bits per heavy atom. The van der Waals surface area contributed by atoms with Crippen LogP contribution in [0.5, 0.6) is 0 Å². The molecule has 5 aromatic rings. The largest absolute Gasteiger partial charge is 1.00 e. The molecule has 0 fully saturated rings. The number of hydrogen-bond acceptors (Lipinski definition) is 10. The monoisotopic (exact) mass is 675 g/mol. The van der Waals surface area contributed by atoms with Gasteiger partial charge in [-0.05, 0) is 46.5 Å². The van der Waals surface area contributed by atoms with Crippen molar-refractivity contribution in [1.29, 1.82) is 0 Å². The molecule has 0 amide bonds. The second-order valence-electron chi connectivity index (χ2n) is 9.66. The number of thioether (sulfide) groups is 1. The first-order valence-electron chi connectivity index (χ1n) is 13.6. The summed E-state index contributed by atoms with van der Waals surface area (Å²) in [6.45, 7) is 2.48. The van der Waals surface area contributed by atoms with Gasteiger partial charge >= 0.3 is 29.6 Å². The van der Waals surface area contributed by atoms with E-state index in [-0.39, 0.29) is 42.7 Å². The van der Waals surface area contributed by atoms with E-state index >= 15 is 0 Å². The van der Waals surface area contributed by atoms with Crippen LogP contribution in [-0.2, 0) is 31.1 Å². The van der Waals surface area contributed by atoms with Crippen LogP contribution in [0.15, 0.2) is 94.9 Å². The number of nitrogens with zero attached hydrogens (tertiary/aromatic N) is 2. The van der Waals surface area contributed by atoms with Gasteiger partial charge in [-0.3, -0.25) is 0 Å². The molecule has 0 saturated heterocycles. The molecule has 0 bridgehead atoms. The molecule has 4 aromatic carbocycles. The molecule has 0 aliphatic carbocycles. The molecule has 0 radical (unpaired) electrons. The molecule has 1 aromatic heterocycles. The van der Waals surface area contributed by atoms with Gasteiger partial charge < -0.3 is 9.45 Å². The molecule has 44 heavy (non-hydrogen) atoms. The molecule has 8 nitrogen and oxygen atoms in total. The normalized spacial score (nSPS) is 14.3. The molecule has 1 aliphatic heterocycles. The number of rotatable bonds is 12. The van der Waals surface area contributed by atoms with E-state index in [4.69, 9.17) is 14.3 Å². The minimum absolute atomic E-state index is 0. The van der Waals surface area contributed by atoms with Crippen molar-refractivity contribution in [3.63, 3.8) is 0 Å². The van der Waals surface area contributed by atoms with Crippen molar-refractivity contribution >= 4 is 88.8 Å². The average molecular weight is 676 g/mol. The fourth-order valence-corrected chi connectivity index (χ4v) is 7.97. The van der Waals surface area contributed by atoms with Gasteiger partial charge in [-0.15, -0.1) is 9.22 Å². The van der Waals surface area contributed by atoms with Crippen molar-refractivity contribution in [2.24, 2.45) is 0 Å². The van der Waals surface area contributed by atoms with Crippen LogP contribution in [0.1, 0.15) is 18.4 Å². The van der Waals surface area contributed by atoms with Gasteiger partial charge in [-0.1, -0.05) is 90.7 Å². The Bertz CT molecular complexity index is 1960. The standard InChI is InChI=1S/C31H28N2O6S4.Na/c1-2-40-39-38-37-21-33-29(42-27-18-16-23-10-4-6-12-25(23)31(27)33)14-7-13-28-32(19-8-20-43(34,35)36)30-24-11-5-3-9-22(24)15-17-26(30)41-28;/h3-7,9-18H,2,8,19-21H2,1H3;/q;+1. The molecule has 2 heterocycles. The topological polar surface area (TPSA) is 92.0 Å². The molecule has 0 atom stereocenters. The summed E-state index contributed by atoms with van der Waals surface area (Å²) < 4.78 is 42.2. The van der Waals surface area contributed by atoms with Gasteiger partial charge in [-0.25, -0.2) is 8.42 Å². The van der Waals surface area contributed by atoms with Crippen molar-refractivity contribution in [1.82, 2.24) is 0 Å².